The van der Waals surface area contributed by atoms with E-state index in [1.807, 2.05) is 50.1 Å². The summed E-state index contributed by atoms with van der Waals surface area (Å²) in [6.07, 6.45) is 1.29. The maximum Gasteiger partial charge on any atom is 0.253 e. The molecule has 2 atom stereocenters. The predicted molar refractivity (Wildman–Crippen MR) is 124 cm³/mol. The molecule has 1 aromatic rings. The molecular formula is C21H35IN4O. The van der Waals surface area contributed by atoms with Gasteiger partial charge in [0.15, 0.2) is 5.96 Å². The molecule has 1 aliphatic rings. The van der Waals surface area contributed by atoms with Crippen LogP contribution in [0.3, 0.4) is 0 Å². The van der Waals surface area contributed by atoms with E-state index in [1.165, 1.54) is 6.42 Å². The van der Waals surface area contributed by atoms with Crippen molar-refractivity contribution in [1.29, 1.82) is 0 Å². The molecule has 5 nitrogen and oxygen atoms in total. The number of rotatable bonds is 5. The Kier molecular flexibility index (Phi) is 10.1. The monoisotopic (exact) mass is 486 g/mol. The number of piperidine rings is 1. The first-order valence-corrected chi connectivity index (χ1v) is 9.82. The standard InChI is InChI=1S/C21H34N4O.HI/c1-6-24(7-2)20(26)19-10-8-18(9-11-19)13-23-21(22-5)25-14-16(3)12-17(4)15-25;/h8-11,16-17H,6-7,12-15H2,1-5H3,(H,22,23);1H. The zero-order valence-electron chi connectivity index (χ0n) is 17.4. The lowest BCUT2D eigenvalue weighted by Crippen LogP contribution is -2.48. The minimum absolute atomic E-state index is 0. The molecule has 1 N–H and O–H groups in total. The van der Waals surface area contributed by atoms with Crippen molar-refractivity contribution in [3.05, 3.63) is 35.4 Å². The molecule has 0 aromatic heterocycles. The summed E-state index contributed by atoms with van der Waals surface area (Å²) in [4.78, 5) is 21.0. The van der Waals surface area contributed by atoms with Crippen molar-refractivity contribution >= 4 is 35.8 Å². The van der Waals surface area contributed by atoms with Crippen LogP contribution in [0.1, 0.15) is 50.0 Å². The molecule has 0 aliphatic carbocycles. The number of hydrogen-bond acceptors (Lipinski definition) is 2. The SMILES string of the molecule is CCN(CC)C(=O)c1ccc(CNC(=NC)N2CC(C)CC(C)C2)cc1.I. The Hall–Kier alpha value is -1.31. The Morgan fingerprint density at radius 1 is 1.15 bits per heavy atom. The van der Waals surface area contributed by atoms with Gasteiger partial charge in [0.05, 0.1) is 0 Å². The molecule has 1 fully saturated rings. The average molecular weight is 486 g/mol. The number of aliphatic imine (C=N–C) groups is 1. The van der Waals surface area contributed by atoms with Gasteiger partial charge in [-0.05, 0) is 49.8 Å². The van der Waals surface area contributed by atoms with E-state index in [4.69, 9.17) is 0 Å². The smallest absolute Gasteiger partial charge is 0.253 e. The zero-order valence-corrected chi connectivity index (χ0v) is 19.7. The molecule has 1 amide bonds. The summed E-state index contributed by atoms with van der Waals surface area (Å²) >= 11 is 0. The molecule has 1 aliphatic heterocycles. The molecular weight excluding hydrogens is 451 g/mol. The highest BCUT2D eigenvalue weighted by Crippen LogP contribution is 2.21. The van der Waals surface area contributed by atoms with E-state index in [9.17, 15) is 4.79 Å². The van der Waals surface area contributed by atoms with Crippen LogP contribution < -0.4 is 5.32 Å². The van der Waals surface area contributed by atoms with Gasteiger partial charge in [-0.15, -0.1) is 24.0 Å². The van der Waals surface area contributed by atoms with E-state index in [0.717, 1.165) is 43.3 Å². The summed E-state index contributed by atoms with van der Waals surface area (Å²) in [6, 6.07) is 7.90. The zero-order chi connectivity index (χ0) is 19.1. The molecule has 27 heavy (non-hydrogen) atoms. The van der Waals surface area contributed by atoms with Crippen LogP contribution in [-0.4, -0.2) is 54.9 Å². The van der Waals surface area contributed by atoms with Crippen LogP contribution in [0.2, 0.25) is 0 Å². The molecule has 2 rings (SSSR count). The van der Waals surface area contributed by atoms with E-state index in [0.29, 0.717) is 18.4 Å². The molecule has 0 saturated carbocycles. The quantitative estimate of drug-likeness (QED) is 0.391. The summed E-state index contributed by atoms with van der Waals surface area (Å²) in [6.45, 7) is 12.9. The third kappa shape index (κ3) is 6.66. The molecule has 1 heterocycles. The largest absolute Gasteiger partial charge is 0.352 e. The van der Waals surface area contributed by atoms with Crippen LogP contribution in [0.4, 0.5) is 0 Å². The highest BCUT2D eigenvalue weighted by atomic mass is 127. The van der Waals surface area contributed by atoms with E-state index in [-0.39, 0.29) is 29.9 Å². The maximum absolute atomic E-state index is 12.4. The van der Waals surface area contributed by atoms with Gasteiger partial charge >= 0.3 is 0 Å². The second-order valence-corrected chi connectivity index (χ2v) is 7.43. The Morgan fingerprint density at radius 2 is 1.70 bits per heavy atom. The third-order valence-corrected chi connectivity index (χ3v) is 5.08. The fraction of sp³-hybridized carbons (Fsp3) is 0.619. The number of guanidine groups is 1. The minimum Gasteiger partial charge on any atom is -0.352 e. The van der Waals surface area contributed by atoms with Crippen molar-refractivity contribution in [1.82, 2.24) is 15.1 Å². The molecule has 6 heteroatoms. The third-order valence-electron chi connectivity index (χ3n) is 5.08. The van der Waals surface area contributed by atoms with Gasteiger partial charge in [0.25, 0.3) is 5.91 Å². The molecule has 0 spiro atoms. The molecule has 2 unspecified atom stereocenters. The van der Waals surface area contributed by atoms with Crippen molar-refractivity contribution in [2.45, 2.75) is 40.7 Å². The number of halogens is 1. The number of carbonyl (C=O) groups is 1. The van der Waals surface area contributed by atoms with E-state index < -0.39 is 0 Å². The summed E-state index contributed by atoms with van der Waals surface area (Å²) in [5.74, 6) is 2.46. The summed E-state index contributed by atoms with van der Waals surface area (Å²) < 4.78 is 0. The second kappa shape index (κ2) is 11.5. The predicted octanol–water partition coefficient (Wildman–Crippen LogP) is 3.84. The van der Waals surface area contributed by atoms with Gasteiger partial charge < -0.3 is 15.1 Å². The highest BCUT2D eigenvalue weighted by molar-refractivity contribution is 14.0. The van der Waals surface area contributed by atoms with E-state index in [1.54, 1.807) is 0 Å². The lowest BCUT2D eigenvalue weighted by Gasteiger charge is -2.37. The van der Waals surface area contributed by atoms with Crippen LogP contribution >= 0.6 is 24.0 Å². The molecule has 0 radical (unpaired) electrons. The molecule has 1 saturated heterocycles. The van der Waals surface area contributed by atoms with Crippen LogP contribution in [0.15, 0.2) is 29.3 Å². The van der Waals surface area contributed by atoms with Gasteiger partial charge in [-0.1, -0.05) is 26.0 Å². The Morgan fingerprint density at radius 3 is 2.19 bits per heavy atom. The number of likely N-dealkylation sites (tertiary alicyclic amines) is 1. The fourth-order valence-electron chi connectivity index (χ4n) is 3.81. The van der Waals surface area contributed by atoms with Crippen LogP contribution in [0.5, 0.6) is 0 Å². The first-order valence-electron chi connectivity index (χ1n) is 9.82. The number of nitrogens with zero attached hydrogens (tertiary/aromatic N) is 3. The lowest BCUT2D eigenvalue weighted by atomic mass is 9.92. The van der Waals surface area contributed by atoms with Crippen molar-refractivity contribution in [2.24, 2.45) is 16.8 Å². The normalized spacial score (nSPS) is 20.0. The number of carbonyl (C=O) groups excluding carboxylic acids is 1. The number of nitrogens with one attached hydrogen (secondary N) is 1. The van der Waals surface area contributed by atoms with Gasteiger partial charge in [-0.3, -0.25) is 9.79 Å². The van der Waals surface area contributed by atoms with E-state index in [2.05, 4.69) is 29.1 Å². The lowest BCUT2D eigenvalue weighted by molar-refractivity contribution is 0.0773. The Labute approximate surface area is 181 Å². The van der Waals surface area contributed by atoms with Gasteiger partial charge in [0.2, 0.25) is 0 Å². The Bertz CT molecular complexity index is 603. The maximum atomic E-state index is 12.4. The molecule has 152 valence electrons. The number of hydrogen-bond donors (Lipinski definition) is 1. The van der Waals surface area contributed by atoms with Crippen molar-refractivity contribution in [3.8, 4) is 0 Å². The van der Waals surface area contributed by atoms with Crippen molar-refractivity contribution < 1.29 is 4.79 Å². The molecule has 0 bridgehead atoms. The number of benzene rings is 1. The van der Waals surface area contributed by atoms with Crippen LogP contribution in [0.25, 0.3) is 0 Å². The average Bonchev–Trinajstić information content (AvgIpc) is 2.63. The summed E-state index contributed by atoms with van der Waals surface area (Å²) in [5, 5.41) is 3.47. The summed E-state index contributed by atoms with van der Waals surface area (Å²) in [7, 11) is 1.85. The minimum atomic E-state index is 0. The van der Waals surface area contributed by atoms with Crippen molar-refractivity contribution in [3.63, 3.8) is 0 Å². The molecule has 1 aromatic carbocycles. The van der Waals surface area contributed by atoms with E-state index >= 15 is 0 Å². The fourth-order valence-corrected chi connectivity index (χ4v) is 3.81. The first-order chi connectivity index (χ1) is 12.5. The van der Waals surface area contributed by atoms with Crippen molar-refractivity contribution in [2.75, 3.05) is 33.2 Å². The first kappa shape index (κ1) is 23.7. The number of amides is 1. The Balaban J connectivity index is 0.00000364. The van der Waals surface area contributed by atoms with Crippen LogP contribution in [0, 0.1) is 11.8 Å². The highest BCUT2D eigenvalue weighted by Gasteiger charge is 2.23. The van der Waals surface area contributed by atoms with Gasteiger partial charge in [-0.2, -0.15) is 0 Å². The van der Waals surface area contributed by atoms with Gasteiger partial charge in [-0.25, -0.2) is 0 Å². The second-order valence-electron chi connectivity index (χ2n) is 7.43. The van der Waals surface area contributed by atoms with Gasteiger partial charge in [0.1, 0.15) is 0 Å². The van der Waals surface area contributed by atoms with Crippen LogP contribution in [-0.2, 0) is 6.54 Å². The summed E-state index contributed by atoms with van der Waals surface area (Å²) in [5.41, 5.74) is 1.90. The van der Waals surface area contributed by atoms with Gasteiger partial charge in [0, 0.05) is 45.3 Å². The topological polar surface area (TPSA) is 47.9 Å².